The molecule has 0 radical (unpaired) electrons. The molecular weight excluding hydrogens is 447 g/mol. The van der Waals surface area contributed by atoms with E-state index in [2.05, 4.69) is 139 Å². The summed E-state index contributed by atoms with van der Waals surface area (Å²) in [5.74, 6) is 0. The highest BCUT2D eigenvalue weighted by molar-refractivity contribution is 7.49. The first-order chi connectivity index (χ1) is 15.1. The Morgan fingerprint density at radius 3 is 1.47 bits per heavy atom. The first-order valence-electron chi connectivity index (χ1n) is 12.7. The number of hydrogen-bond donors (Lipinski definition) is 0. The van der Waals surface area contributed by atoms with E-state index in [0.29, 0.717) is 0 Å². The summed E-state index contributed by atoms with van der Waals surface area (Å²) < 4.78 is 7.07. The molecule has 3 heteroatoms. The Morgan fingerprint density at radius 1 is 0.676 bits per heavy atom. The van der Waals surface area contributed by atoms with Crippen LogP contribution >= 0.6 is 8.20 Å². The summed E-state index contributed by atoms with van der Waals surface area (Å²) in [6, 6.07) is 15.7. The predicted molar refractivity (Wildman–Crippen MR) is 158 cm³/mol. The molecule has 188 valence electrons. The Bertz CT molecular complexity index is 985. The molecule has 0 fully saturated rings. The summed E-state index contributed by atoms with van der Waals surface area (Å²) in [6.07, 6.45) is 0. The van der Waals surface area contributed by atoms with Crippen LogP contribution in [0.3, 0.4) is 0 Å². The van der Waals surface area contributed by atoms with Gasteiger partial charge in [0.1, 0.15) is 0 Å². The standard InChI is InChI=1S/C31H49OPSi/c1-28(2,3)23-20-24(29(4,5)6)26(25(21-23)30(7,8)9)33-27(22-18-16-15-17-19-22)32-34(13,14)31(10,11)12/h15-21H,1-14H3. The van der Waals surface area contributed by atoms with Crippen molar-refractivity contribution in [3.63, 3.8) is 0 Å². The highest BCUT2D eigenvalue weighted by Gasteiger charge is 2.39. The van der Waals surface area contributed by atoms with E-state index in [9.17, 15) is 0 Å². The Hall–Kier alpha value is -1.21. The van der Waals surface area contributed by atoms with E-state index in [1.54, 1.807) is 0 Å². The SMILES string of the molecule is CC(C)(C)c1cc(C(C)(C)C)c(P=C(O[Si](C)(C)C(C)(C)C)c2ccccc2)c(C(C)(C)C)c1. The van der Waals surface area contributed by atoms with Crippen LogP contribution in [-0.2, 0) is 20.7 Å². The van der Waals surface area contributed by atoms with Crippen molar-refractivity contribution < 1.29 is 4.43 Å². The number of benzene rings is 2. The highest BCUT2D eigenvalue weighted by atomic mass is 31.1. The molecule has 0 amide bonds. The Balaban J connectivity index is 2.97. The molecule has 0 unspecified atom stereocenters. The maximum absolute atomic E-state index is 7.07. The number of rotatable bonds is 4. The van der Waals surface area contributed by atoms with Crippen molar-refractivity contribution in [1.29, 1.82) is 0 Å². The van der Waals surface area contributed by atoms with Crippen molar-refractivity contribution in [2.75, 3.05) is 0 Å². The molecule has 2 aromatic rings. The van der Waals surface area contributed by atoms with Crippen LogP contribution in [0.4, 0.5) is 0 Å². The van der Waals surface area contributed by atoms with E-state index in [1.165, 1.54) is 27.6 Å². The van der Waals surface area contributed by atoms with Gasteiger partial charge in [0.15, 0.2) is 8.32 Å². The van der Waals surface area contributed by atoms with Gasteiger partial charge in [-0.05, 0) is 59.3 Å². The maximum Gasteiger partial charge on any atom is 0.200 e. The second-order valence-electron chi connectivity index (χ2n) is 14.3. The van der Waals surface area contributed by atoms with Gasteiger partial charge in [-0.1, -0.05) is 126 Å². The van der Waals surface area contributed by atoms with Crippen molar-refractivity contribution in [3.05, 3.63) is 64.7 Å². The predicted octanol–water partition coefficient (Wildman–Crippen LogP) is 9.35. The summed E-state index contributed by atoms with van der Waals surface area (Å²) in [5.41, 5.74) is 6.70. The summed E-state index contributed by atoms with van der Waals surface area (Å²) in [6.45, 7) is 32.7. The van der Waals surface area contributed by atoms with Gasteiger partial charge in [0.05, 0.1) is 5.48 Å². The van der Waals surface area contributed by atoms with Crippen molar-refractivity contribution in [3.8, 4) is 0 Å². The van der Waals surface area contributed by atoms with E-state index in [1.807, 2.05) is 0 Å². The highest BCUT2D eigenvalue weighted by Crippen LogP contribution is 2.39. The zero-order chi connectivity index (χ0) is 26.3. The molecule has 0 aliphatic heterocycles. The van der Waals surface area contributed by atoms with Crippen LogP contribution in [0, 0.1) is 0 Å². The van der Waals surface area contributed by atoms with Crippen LogP contribution in [0.2, 0.25) is 18.1 Å². The molecule has 2 rings (SSSR count). The molecule has 34 heavy (non-hydrogen) atoms. The molecule has 0 aliphatic carbocycles. The van der Waals surface area contributed by atoms with Gasteiger partial charge in [-0.15, -0.1) is 0 Å². The van der Waals surface area contributed by atoms with Crippen molar-refractivity contribution in [1.82, 2.24) is 0 Å². The van der Waals surface area contributed by atoms with E-state index in [0.717, 1.165) is 13.7 Å². The van der Waals surface area contributed by atoms with Crippen LogP contribution in [0.25, 0.3) is 0 Å². The summed E-state index contributed by atoms with van der Waals surface area (Å²) in [5, 5.41) is 1.55. The van der Waals surface area contributed by atoms with Gasteiger partial charge in [-0.25, -0.2) is 0 Å². The van der Waals surface area contributed by atoms with Crippen LogP contribution in [-0.4, -0.2) is 13.8 Å². The first-order valence-corrected chi connectivity index (χ1v) is 16.5. The smallest absolute Gasteiger partial charge is 0.200 e. The maximum atomic E-state index is 7.07. The monoisotopic (exact) mass is 496 g/mol. The average Bonchev–Trinajstić information content (AvgIpc) is 2.64. The average molecular weight is 497 g/mol. The van der Waals surface area contributed by atoms with Crippen molar-refractivity contribution >= 4 is 27.3 Å². The largest absolute Gasteiger partial charge is 0.381 e. The van der Waals surface area contributed by atoms with Gasteiger partial charge in [0.2, 0.25) is 0 Å². The van der Waals surface area contributed by atoms with E-state index in [-0.39, 0.29) is 21.3 Å². The van der Waals surface area contributed by atoms with E-state index >= 15 is 0 Å². The lowest BCUT2D eigenvalue weighted by atomic mass is 9.75. The second kappa shape index (κ2) is 9.68. The molecule has 0 atom stereocenters. The van der Waals surface area contributed by atoms with Crippen LogP contribution in [0.5, 0.6) is 0 Å². The van der Waals surface area contributed by atoms with E-state index in [4.69, 9.17) is 4.43 Å². The van der Waals surface area contributed by atoms with Gasteiger partial charge in [0, 0.05) is 10.9 Å². The third-order valence-electron chi connectivity index (χ3n) is 6.98. The first kappa shape index (κ1) is 29.0. The van der Waals surface area contributed by atoms with Gasteiger partial charge in [-0.3, -0.25) is 0 Å². The molecule has 0 aliphatic rings. The van der Waals surface area contributed by atoms with E-state index < -0.39 is 8.32 Å². The molecule has 0 N–H and O–H groups in total. The minimum atomic E-state index is -2.02. The third-order valence-corrected chi connectivity index (χ3v) is 12.7. The fraction of sp³-hybridized carbons (Fsp3) is 0.581. The van der Waals surface area contributed by atoms with Gasteiger partial charge in [0.25, 0.3) is 0 Å². The van der Waals surface area contributed by atoms with Crippen LogP contribution in [0.1, 0.15) is 105 Å². The number of hydrogen-bond acceptors (Lipinski definition) is 1. The zero-order valence-electron chi connectivity index (χ0n) is 24.4. The molecule has 0 saturated carbocycles. The van der Waals surface area contributed by atoms with Crippen molar-refractivity contribution in [2.24, 2.45) is 0 Å². The molecule has 1 nitrogen and oxygen atoms in total. The summed E-state index contributed by atoms with van der Waals surface area (Å²) in [4.78, 5) is 0. The van der Waals surface area contributed by atoms with Crippen LogP contribution in [0.15, 0.2) is 42.5 Å². The lowest BCUT2D eigenvalue weighted by Gasteiger charge is -2.37. The molecule has 2 aromatic carbocycles. The van der Waals surface area contributed by atoms with Crippen molar-refractivity contribution in [2.45, 2.75) is 117 Å². The van der Waals surface area contributed by atoms with Gasteiger partial charge in [-0.2, -0.15) is 0 Å². The minimum Gasteiger partial charge on any atom is -0.381 e. The lowest BCUT2D eigenvalue weighted by molar-refractivity contribution is 0.496. The Morgan fingerprint density at radius 2 is 1.12 bits per heavy atom. The van der Waals surface area contributed by atoms with Gasteiger partial charge >= 0.3 is 0 Å². The second-order valence-corrected chi connectivity index (χ2v) is 20.1. The molecule has 0 saturated heterocycles. The summed E-state index contributed by atoms with van der Waals surface area (Å²) in [7, 11) is -0.856. The Kier molecular flexibility index (Phi) is 8.26. The quantitative estimate of drug-likeness (QED) is 0.303. The zero-order valence-corrected chi connectivity index (χ0v) is 26.3. The minimum absolute atomic E-state index is 0.0301. The molecule has 0 spiro atoms. The van der Waals surface area contributed by atoms with Crippen LogP contribution < -0.4 is 5.30 Å². The normalized spacial score (nSPS) is 14.5. The molecular formula is C31H49OPSi. The molecule has 0 bridgehead atoms. The topological polar surface area (TPSA) is 9.23 Å². The summed E-state index contributed by atoms with van der Waals surface area (Å²) >= 11 is 0. The molecule has 0 aromatic heterocycles. The fourth-order valence-corrected chi connectivity index (χ4v) is 6.85. The lowest BCUT2D eigenvalue weighted by Crippen LogP contribution is -2.42. The third kappa shape index (κ3) is 6.93. The molecule has 0 heterocycles. The Labute approximate surface area is 213 Å². The van der Waals surface area contributed by atoms with Gasteiger partial charge < -0.3 is 4.43 Å². The fourth-order valence-electron chi connectivity index (χ4n) is 3.55.